The monoisotopic (exact) mass is 581 g/mol. The summed E-state index contributed by atoms with van der Waals surface area (Å²) in [5, 5.41) is 2.53. The molecule has 1 atom stereocenters. The maximum absolute atomic E-state index is 13.5. The second kappa shape index (κ2) is 11.5. The number of anilines is 1. The van der Waals surface area contributed by atoms with Crippen LogP contribution in [0.3, 0.4) is 0 Å². The molecule has 0 aliphatic rings. The van der Waals surface area contributed by atoms with E-state index < -0.39 is 62.4 Å². The Bertz CT molecular complexity index is 1260. The predicted octanol–water partition coefficient (Wildman–Crippen LogP) is 5.11. The second-order valence-electron chi connectivity index (χ2n) is 9.50. The molecule has 0 bridgehead atoms. The van der Waals surface area contributed by atoms with Gasteiger partial charge in [-0.25, -0.2) is 8.42 Å². The highest BCUT2D eigenvalue weighted by Gasteiger charge is 2.36. The summed E-state index contributed by atoms with van der Waals surface area (Å²) in [6, 6.07) is 8.01. The van der Waals surface area contributed by atoms with Crippen molar-refractivity contribution in [3.8, 4) is 0 Å². The summed E-state index contributed by atoms with van der Waals surface area (Å²) in [5.41, 5.74) is -1.71. The van der Waals surface area contributed by atoms with Crippen LogP contribution in [0.25, 0.3) is 0 Å². The summed E-state index contributed by atoms with van der Waals surface area (Å²) in [4.78, 5) is 27.5. The van der Waals surface area contributed by atoms with Gasteiger partial charge in [-0.15, -0.1) is 0 Å². The minimum atomic E-state index is -4.85. The molecular weight excluding hydrogens is 554 g/mol. The van der Waals surface area contributed by atoms with Crippen molar-refractivity contribution in [2.75, 3.05) is 17.1 Å². The quantitative estimate of drug-likeness (QED) is 0.469. The molecule has 0 radical (unpaired) electrons. The Kier molecular flexibility index (Phi) is 9.54. The van der Waals surface area contributed by atoms with E-state index >= 15 is 0 Å². The van der Waals surface area contributed by atoms with Gasteiger partial charge in [-0.3, -0.25) is 13.9 Å². The third-order valence-corrected chi connectivity index (χ3v) is 6.84. The number of rotatable bonds is 8. The van der Waals surface area contributed by atoms with Crippen LogP contribution in [-0.2, 0) is 32.3 Å². The minimum absolute atomic E-state index is 0.107. The Morgan fingerprint density at radius 3 is 2.19 bits per heavy atom. The first-order valence-corrected chi connectivity index (χ1v) is 13.6. The molecule has 2 aromatic rings. The van der Waals surface area contributed by atoms with E-state index in [0.717, 1.165) is 23.3 Å². The van der Waals surface area contributed by atoms with Gasteiger partial charge < -0.3 is 10.2 Å². The molecule has 2 aromatic carbocycles. The number of sulfonamides is 1. The van der Waals surface area contributed by atoms with Gasteiger partial charge in [-0.1, -0.05) is 35.3 Å². The SMILES string of the molecule is CC(C(=O)NC(C)(C)C)N(Cc1cccc(Cl)c1)C(=O)CN(c1ccc(Cl)c(C(F)(F)F)c1)S(C)(=O)=O. The van der Waals surface area contributed by atoms with Crippen LogP contribution in [-0.4, -0.2) is 49.5 Å². The number of benzene rings is 2. The topological polar surface area (TPSA) is 86.8 Å². The Morgan fingerprint density at radius 1 is 1.05 bits per heavy atom. The van der Waals surface area contributed by atoms with Crippen LogP contribution >= 0.6 is 23.2 Å². The number of amides is 2. The van der Waals surface area contributed by atoms with Crippen molar-refractivity contribution >= 4 is 50.7 Å². The van der Waals surface area contributed by atoms with Crippen LogP contribution < -0.4 is 9.62 Å². The summed E-state index contributed by atoms with van der Waals surface area (Å²) < 4.78 is 65.9. The molecular formula is C24H28Cl2F3N3O4S. The molecule has 0 saturated heterocycles. The summed E-state index contributed by atoms with van der Waals surface area (Å²) in [6.45, 7) is 5.77. The average molecular weight is 582 g/mol. The molecule has 13 heteroatoms. The van der Waals surface area contributed by atoms with Gasteiger partial charge in [0.05, 0.1) is 22.5 Å². The smallest absolute Gasteiger partial charge is 0.350 e. The summed E-state index contributed by atoms with van der Waals surface area (Å²) in [5.74, 6) is -1.31. The maximum atomic E-state index is 13.5. The van der Waals surface area contributed by atoms with Crippen molar-refractivity contribution in [1.29, 1.82) is 0 Å². The molecule has 0 saturated carbocycles. The zero-order chi connectivity index (χ0) is 28.3. The van der Waals surface area contributed by atoms with Crippen molar-refractivity contribution in [3.05, 3.63) is 63.6 Å². The van der Waals surface area contributed by atoms with Gasteiger partial charge in [0.25, 0.3) is 0 Å². The third-order valence-electron chi connectivity index (χ3n) is 5.13. The van der Waals surface area contributed by atoms with Gasteiger partial charge in [0, 0.05) is 17.1 Å². The number of hydrogen-bond donors (Lipinski definition) is 1. The predicted molar refractivity (Wildman–Crippen MR) is 138 cm³/mol. The number of nitrogens with one attached hydrogen (secondary N) is 1. The minimum Gasteiger partial charge on any atom is -0.350 e. The first kappa shape index (κ1) is 30.7. The van der Waals surface area contributed by atoms with Crippen molar-refractivity contribution in [2.24, 2.45) is 0 Å². The zero-order valence-electron chi connectivity index (χ0n) is 20.9. The highest BCUT2D eigenvalue weighted by molar-refractivity contribution is 7.92. The molecule has 0 aliphatic heterocycles. The number of carbonyl (C=O) groups is 2. The van der Waals surface area contributed by atoms with E-state index in [1.165, 1.54) is 6.92 Å². The summed E-state index contributed by atoms with van der Waals surface area (Å²) >= 11 is 11.7. The van der Waals surface area contributed by atoms with Crippen molar-refractivity contribution in [2.45, 2.75) is 52.0 Å². The Morgan fingerprint density at radius 2 is 1.68 bits per heavy atom. The van der Waals surface area contributed by atoms with Gasteiger partial charge >= 0.3 is 6.18 Å². The molecule has 2 rings (SSSR count). The van der Waals surface area contributed by atoms with Crippen molar-refractivity contribution in [3.63, 3.8) is 0 Å². The number of hydrogen-bond acceptors (Lipinski definition) is 4. The Labute approximate surface area is 224 Å². The lowest BCUT2D eigenvalue weighted by molar-refractivity contribution is -0.140. The van der Waals surface area contributed by atoms with Crippen molar-refractivity contribution in [1.82, 2.24) is 10.2 Å². The van der Waals surface area contributed by atoms with Gasteiger partial charge in [0.15, 0.2) is 0 Å². The molecule has 0 heterocycles. The fourth-order valence-corrected chi connectivity index (χ4v) is 4.67. The lowest BCUT2D eigenvalue weighted by Gasteiger charge is -2.33. The van der Waals surface area contributed by atoms with Gasteiger partial charge in [0.2, 0.25) is 21.8 Å². The molecule has 7 nitrogen and oxygen atoms in total. The average Bonchev–Trinajstić information content (AvgIpc) is 2.73. The molecule has 204 valence electrons. The Balaban J connectivity index is 2.50. The van der Waals surface area contributed by atoms with E-state index in [1.54, 1.807) is 45.0 Å². The Hall–Kier alpha value is -2.50. The third kappa shape index (κ3) is 8.79. The molecule has 0 aliphatic carbocycles. The summed E-state index contributed by atoms with van der Waals surface area (Å²) in [6.07, 6.45) is -4.09. The van der Waals surface area contributed by atoms with E-state index in [1.807, 2.05) is 0 Å². The lowest BCUT2D eigenvalue weighted by Crippen LogP contribution is -2.54. The fraction of sp³-hybridized carbons (Fsp3) is 0.417. The number of carbonyl (C=O) groups excluding carboxylic acids is 2. The van der Waals surface area contributed by atoms with Crippen LogP contribution in [0.2, 0.25) is 10.0 Å². The molecule has 0 spiro atoms. The van der Waals surface area contributed by atoms with E-state index in [4.69, 9.17) is 23.2 Å². The highest BCUT2D eigenvalue weighted by atomic mass is 35.5. The van der Waals surface area contributed by atoms with Gasteiger partial charge in [-0.2, -0.15) is 13.2 Å². The molecule has 0 aromatic heterocycles. The number of halogens is 5. The van der Waals surface area contributed by atoms with E-state index in [-0.39, 0.29) is 6.54 Å². The second-order valence-corrected chi connectivity index (χ2v) is 12.2. The first-order chi connectivity index (χ1) is 16.8. The van der Waals surface area contributed by atoms with E-state index in [2.05, 4.69) is 5.32 Å². The van der Waals surface area contributed by atoms with Crippen LogP contribution in [0.4, 0.5) is 18.9 Å². The zero-order valence-corrected chi connectivity index (χ0v) is 23.2. The van der Waals surface area contributed by atoms with E-state index in [0.29, 0.717) is 21.0 Å². The largest absolute Gasteiger partial charge is 0.417 e. The normalized spacial score (nSPS) is 13.1. The lowest BCUT2D eigenvalue weighted by atomic mass is 10.1. The molecule has 2 amide bonds. The van der Waals surface area contributed by atoms with Crippen LogP contribution in [0.5, 0.6) is 0 Å². The fourth-order valence-electron chi connectivity index (χ4n) is 3.39. The highest BCUT2D eigenvalue weighted by Crippen LogP contribution is 2.37. The number of alkyl halides is 3. The van der Waals surface area contributed by atoms with Crippen LogP contribution in [0.15, 0.2) is 42.5 Å². The molecule has 37 heavy (non-hydrogen) atoms. The standard InChI is InChI=1S/C24H28Cl2F3N3O4S/c1-15(22(34)30-23(2,3)4)31(13-16-7-6-8-17(25)11-16)21(33)14-32(37(5,35)36)18-9-10-20(26)19(12-18)24(27,28)29/h6-12,15H,13-14H2,1-5H3,(H,30,34). The van der Waals surface area contributed by atoms with E-state index in [9.17, 15) is 31.2 Å². The van der Waals surface area contributed by atoms with Gasteiger partial charge in [0.1, 0.15) is 12.6 Å². The summed E-state index contributed by atoms with van der Waals surface area (Å²) in [7, 11) is -4.22. The maximum Gasteiger partial charge on any atom is 0.417 e. The molecule has 1 unspecified atom stereocenters. The molecule has 1 N–H and O–H groups in total. The first-order valence-electron chi connectivity index (χ1n) is 11.0. The number of nitrogens with zero attached hydrogens (tertiary/aromatic N) is 2. The van der Waals surface area contributed by atoms with Crippen LogP contribution in [0, 0.1) is 0 Å². The van der Waals surface area contributed by atoms with Gasteiger partial charge in [-0.05, 0) is 63.6 Å². The molecule has 0 fully saturated rings. The van der Waals surface area contributed by atoms with Crippen LogP contribution in [0.1, 0.15) is 38.8 Å². The van der Waals surface area contributed by atoms with Crippen molar-refractivity contribution < 1.29 is 31.2 Å².